The van der Waals surface area contributed by atoms with Gasteiger partial charge in [0.05, 0.1) is 24.2 Å². The molecular weight excluding hydrogens is 180 g/mol. The van der Waals surface area contributed by atoms with Crippen LogP contribution in [0.4, 0.5) is 11.6 Å². The normalized spacial score (nSPS) is 12.4. The van der Waals surface area contributed by atoms with Crippen molar-refractivity contribution in [2.75, 3.05) is 24.2 Å². The van der Waals surface area contributed by atoms with Gasteiger partial charge in [0, 0.05) is 13.2 Å². The van der Waals surface area contributed by atoms with E-state index in [0.29, 0.717) is 24.8 Å². The molecule has 1 rings (SSSR count). The number of nitrogens with two attached hydrogens (primary N) is 1. The van der Waals surface area contributed by atoms with Crippen molar-refractivity contribution < 1.29 is 4.74 Å². The lowest BCUT2D eigenvalue weighted by Gasteiger charge is -2.12. The lowest BCUT2D eigenvalue weighted by atomic mass is 10.4. The minimum Gasteiger partial charge on any atom is -0.396 e. The maximum Gasteiger partial charge on any atom is 0.222 e. The number of anilines is 2. The minimum absolute atomic E-state index is 0.154. The fraction of sp³-hybridized carbons (Fsp3) is 0.556. The second-order valence-electron chi connectivity index (χ2n) is 2.99. The molecule has 78 valence electrons. The number of hydrogen-bond acceptors (Lipinski definition) is 5. The van der Waals surface area contributed by atoms with Gasteiger partial charge in [0.15, 0.2) is 0 Å². The Labute approximate surface area is 83.7 Å². The molecule has 0 amide bonds. The third-order valence-electron chi connectivity index (χ3n) is 1.67. The van der Waals surface area contributed by atoms with E-state index in [1.165, 1.54) is 0 Å². The molecule has 0 radical (unpaired) electrons. The van der Waals surface area contributed by atoms with E-state index >= 15 is 0 Å². The third kappa shape index (κ3) is 3.57. The maximum atomic E-state index is 5.45. The lowest BCUT2D eigenvalue weighted by molar-refractivity contribution is 0.0854. The van der Waals surface area contributed by atoms with Crippen LogP contribution in [0.2, 0.25) is 0 Å². The molecule has 1 heterocycles. The molecule has 0 aliphatic heterocycles. The highest BCUT2D eigenvalue weighted by Gasteiger charge is 2.01. The zero-order chi connectivity index (χ0) is 10.4. The lowest BCUT2D eigenvalue weighted by Crippen LogP contribution is -2.20. The van der Waals surface area contributed by atoms with Crippen LogP contribution >= 0.6 is 0 Å². The summed E-state index contributed by atoms with van der Waals surface area (Å²) in [5.74, 6) is 0.575. The minimum atomic E-state index is 0.154. The molecule has 0 spiro atoms. The van der Waals surface area contributed by atoms with Crippen molar-refractivity contribution in [1.82, 2.24) is 9.97 Å². The number of rotatable bonds is 5. The summed E-state index contributed by atoms with van der Waals surface area (Å²) in [4.78, 5) is 8.02. The number of nitrogens with zero attached hydrogens (tertiary/aromatic N) is 2. The Kier molecular flexibility index (Phi) is 4.12. The first kappa shape index (κ1) is 10.7. The van der Waals surface area contributed by atoms with E-state index in [4.69, 9.17) is 10.5 Å². The molecule has 0 aliphatic carbocycles. The Morgan fingerprint density at radius 3 is 2.71 bits per heavy atom. The van der Waals surface area contributed by atoms with E-state index in [-0.39, 0.29) is 6.10 Å². The summed E-state index contributed by atoms with van der Waals surface area (Å²) in [5.41, 5.74) is 6.02. The summed E-state index contributed by atoms with van der Waals surface area (Å²) in [5, 5.41) is 3.05. The van der Waals surface area contributed by atoms with Crippen molar-refractivity contribution in [1.29, 1.82) is 0 Å². The molecule has 1 unspecified atom stereocenters. The van der Waals surface area contributed by atoms with Crippen molar-refractivity contribution in [2.24, 2.45) is 0 Å². The highest BCUT2D eigenvalue weighted by atomic mass is 16.5. The van der Waals surface area contributed by atoms with E-state index in [9.17, 15) is 0 Å². The Bertz CT molecular complexity index is 262. The zero-order valence-electron chi connectivity index (χ0n) is 8.53. The number of nitrogen functional groups attached to an aromatic ring is 1. The summed E-state index contributed by atoms with van der Waals surface area (Å²) in [6.07, 6.45) is 3.29. The summed E-state index contributed by atoms with van der Waals surface area (Å²) >= 11 is 0. The molecule has 1 atom stereocenters. The fourth-order valence-corrected chi connectivity index (χ4v) is 1.01. The van der Waals surface area contributed by atoms with E-state index in [1.54, 1.807) is 12.4 Å². The Morgan fingerprint density at radius 1 is 1.50 bits per heavy atom. The summed E-state index contributed by atoms with van der Waals surface area (Å²) in [6, 6.07) is 0. The van der Waals surface area contributed by atoms with Crippen LogP contribution in [0.3, 0.4) is 0 Å². The van der Waals surface area contributed by atoms with Gasteiger partial charge in [-0.2, -0.15) is 0 Å². The molecular formula is C9H16N4O. The van der Waals surface area contributed by atoms with Crippen LogP contribution in [0.1, 0.15) is 13.8 Å². The quantitative estimate of drug-likeness (QED) is 0.731. The number of aromatic nitrogens is 2. The van der Waals surface area contributed by atoms with Gasteiger partial charge in [-0.05, 0) is 13.8 Å². The van der Waals surface area contributed by atoms with E-state index < -0.39 is 0 Å². The zero-order valence-corrected chi connectivity index (χ0v) is 8.53. The van der Waals surface area contributed by atoms with Gasteiger partial charge in [-0.15, -0.1) is 0 Å². The fourth-order valence-electron chi connectivity index (χ4n) is 1.01. The largest absolute Gasteiger partial charge is 0.396 e. The average Bonchev–Trinajstić information content (AvgIpc) is 2.17. The van der Waals surface area contributed by atoms with Gasteiger partial charge in [-0.3, -0.25) is 0 Å². The summed E-state index contributed by atoms with van der Waals surface area (Å²) < 4.78 is 5.34. The van der Waals surface area contributed by atoms with Gasteiger partial charge >= 0.3 is 0 Å². The van der Waals surface area contributed by atoms with Crippen molar-refractivity contribution in [3.05, 3.63) is 12.4 Å². The number of hydrogen-bond donors (Lipinski definition) is 2. The molecule has 5 heteroatoms. The van der Waals surface area contributed by atoms with Crippen LogP contribution in [0.15, 0.2) is 12.4 Å². The molecule has 1 aromatic rings. The summed E-state index contributed by atoms with van der Waals surface area (Å²) in [6.45, 7) is 5.37. The smallest absolute Gasteiger partial charge is 0.222 e. The molecule has 0 fully saturated rings. The predicted octanol–water partition coefficient (Wildman–Crippen LogP) is 0.896. The Hall–Kier alpha value is -1.36. The van der Waals surface area contributed by atoms with Gasteiger partial charge in [0.1, 0.15) is 0 Å². The van der Waals surface area contributed by atoms with Gasteiger partial charge in [0.2, 0.25) is 5.95 Å². The molecule has 0 aliphatic rings. The van der Waals surface area contributed by atoms with Crippen LogP contribution in [0.5, 0.6) is 0 Å². The number of ether oxygens (including phenoxy) is 1. The third-order valence-corrected chi connectivity index (χ3v) is 1.67. The Balaban J connectivity index is 2.34. The first-order valence-electron chi connectivity index (χ1n) is 4.65. The van der Waals surface area contributed by atoms with Crippen LogP contribution < -0.4 is 11.1 Å². The highest BCUT2D eigenvalue weighted by Crippen LogP contribution is 2.01. The van der Waals surface area contributed by atoms with Gasteiger partial charge in [-0.25, -0.2) is 9.97 Å². The Morgan fingerprint density at radius 2 is 2.14 bits per heavy atom. The second kappa shape index (κ2) is 5.39. The standard InChI is InChI=1S/C9H16N4O/c1-3-14-7(2)4-11-9-12-5-8(10)6-13-9/h5-7H,3-4,10H2,1-2H3,(H,11,12,13). The van der Waals surface area contributed by atoms with Crippen molar-refractivity contribution in [3.8, 4) is 0 Å². The SMILES string of the molecule is CCOC(C)CNc1ncc(N)cn1. The molecule has 14 heavy (non-hydrogen) atoms. The van der Waals surface area contributed by atoms with E-state index in [2.05, 4.69) is 15.3 Å². The molecule has 1 aromatic heterocycles. The predicted molar refractivity (Wildman–Crippen MR) is 56.0 cm³/mol. The van der Waals surface area contributed by atoms with Gasteiger partial charge in [-0.1, -0.05) is 0 Å². The number of nitrogens with one attached hydrogen (secondary N) is 1. The molecule has 0 bridgehead atoms. The van der Waals surface area contributed by atoms with Crippen molar-refractivity contribution >= 4 is 11.6 Å². The maximum absolute atomic E-state index is 5.45. The first-order chi connectivity index (χ1) is 6.72. The van der Waals surface area contributed by atoms with Crippen LogP contribution in [-0.2, 0) is 4.74 Å². The topological polar surface area (TPSA) is 73.1 Å². The molecule has 3 N–H and O–H groups in total. The second-order valence-corrected chi connectivity index (χ2v) is 2.99. The van der Waals surface area contributed by atoms with Gasteiger partial charge < -0.3 is 15.8 Å². The van der Waals surface area contributed by atoms with Crippen LogP contribution in [0.25, 0.3) is 0 Å². The molecule has 0 saturated carbocycles. The van der Waals surface area contributed by atoms with Gasteiger partial charge in [0.25, 0.3) is 0 Å². The van der Waals surface area contributed by atoms with E-state index in [0.717, 1.165) is 0 Å². The summed E-state index contributed by atoms with van der Waals surface area (Å²) in [7, 11) is 0. The van der Waals surface area contributed by atoms with Crippen LogP contribution in [0, 0.1) is 0 Å². The average molecular weight is 196 g/mol. The molecule has 5 nitrogen and oxygen atoms in total. The van der Waals surface area contributed by atoms with Crippen molar-refractivity contribution in [2.45, 2.75) is 20.0 Å². The van der Waals surface area contributed by atoms with E-state index in [1.807, 2.05) is 13.8 Å². The molecule has 0 saturated heterocycles. The van der Waals surface area contributed by atoms with Crippen molar-refractivity contribution in [3.63, 3.8) is 0 Å². The highest BCUT2D eigenvalue weighted by molar-refractivity contribution is 5.35. The first-order valence-corrected chi connectivity index (χ1v) is 4.65. The van der Waals surface area contributed by atoms with Crippen LogP contribution in [-0.4, -0.2) is 29.2 Å². The molecule has 0 aromatic carbocycles. The monoisotopic (exact) mass is 196 g/mol.